The van der Waals surface area contributed by atoms with E-state index in [4.69, 9.17) is 5.73 Å². The summed E-state index contributed by atoms with van der Waals surface area (Å²) < 4.78 is 1.53. The predicted molar refractivity (Wildman–Crippen MR) is 88.2 cm³/mol. The Morgan fingerprint density at radius 3 is 2.74 bits per heavy atom. The van der Waals surface area contributed by atoms with Crippen molar-refractivity contribution in [1.29, 1.82) is 0 Å². The van der Waals surface area contributed by atoms with Gasteiger partial charge in [-0.15, -0.1) is 0 Å². The number of hydrogen-bond acceptors (Lipinski definition) is 5. The number of aryl methyl sites for hydroxylation is 1. The fourth-order valence-electron chi connectivity index (χ4n) is 3.72. The summed E-state index contributed by atoms with van der Waals surface area (Å²) in [6.45, 7) is 3.19. The maximum absolute atomic E-state index is 12.7. The molecule has 2 N–H and O–H groups in total. The second kappa shape index (κ2) is 6.70. The normalized spacial score (nSPS) is 25.0. The number of rotatable bonds is 3. The third kappa shape index (κ3) is 3.10. The van der Waals surface area contributed by atoms with E-state index in [1.165, 1.54) is 4.57 Å². The molecule has 126 valence electrons. The van der Waals surface area contributed by atoms with Crippen molar-refractivity contribution in [3.63, 3.8) is 0 Å². The number of amides is 1. The number of anilines is 1. The molecule has 23 heavy (non-hydrogen) atoms. The Hall–Kier alpha value is -1.89. The Morgan fingerprint density at radius 2 is 2.04 bits per heavy atom. The van der Waals surface area contributed by atoms with Crippen molar-refractivity contribution in [3.8, 4) is 0 Å². The van der Waals surface area contributed by atoms with Crippen molar-refractivity contribution in [1.82, 2.24) is 14.5 Å². The number of nitrogens with two attached hydrogens (primary N) is 1. The van der Waals surface area contributed by atoms with Crippen molar-refractivity contribution < 1.29 is 4.79 Å². The molecule has 1 aromatic rings. The molecule has 3 rings (SSSR count). The van der Waals surface area contributed by atoms with E-state index in [2.05, 4.69) is 4.98 Å². The largest absolute Gasteiger partial charge is 0.348 e. The van der Waals surface area contributed by atoms with Crippen LogP contribution in [-0.4, -0.2) is 53.1 Å². The highest BCUT2D eigenvalue weighted by atomic mass is 16.2. The molecule has 1 amide bonds. The fourth-order valence-corrected chi connectivity index (χ4v) is 3.72. The van der Waals surface area contributed by atoms with Gasteiger partial charge < -0.3 is 20.1 Å². The molecule has 0 bridgehead atoms. The maximum Gasteiger partial charge on any atom is 0.293 e. The van der Waals surface area contributed by atoms with E-state index in [-0.39, 0.29) is 17.4 Å². The van der Waals surface area contributed by atoms with Gasteiger partial charge in [0.2, 0.25) is 5.91 Å². The van der Waals surface area contributed by atoms with E-state index in [0.29, 0.717) is 44.5 Å². The summed E-state index contributed by atoms with van der Waals surface area (Å²) in [6.07, 6.45) is 6.41. The summed E-state index contributed by atoms with van der Waals surface area (Å²) in [7, 11) is 1.72. The smallest absolute Gasteiger partial charge is 0.293 e. The van der Waals surface area contributed by atoms with E-state index in [9.17, 15) is 9.59 Å². The Balaban J connectivity index is 1.63. The quantitative estimate of drug-likeness (QED) is 0.834. The first kappa shape index (κ1) is 16.0. The van der Waals surface area contributed by atoms with Crippen LogP contribution in [-0.2, 0) is 11.8 Å². The van der Waals surface area contributed by atoms with Crippen LogP contribution in [0.2, 0.25) is 0 Å². The van der Waals surface area contributed by atoms with Gasteiger partial charge in [0.05, 0.1) is 0 Å². The monoisotopic (exact) mass is 319 g/mol. The number of hydrogen-bond donors (Lipinski definition) is 1. The number of aromatic nitrogens is 2. The summed E-state index contributed by atoms with van der Waals surface area (Å²) >= 11 is 0. The lowest BCUT2D eigenvalue weighted by Crippen LogP contribution is -2.52. The maximum atomic E-state index is 12.7. The molecular weight excluding hydrogens is 294 g/mol. The Labute approximate surface area is 136 Å². The van der Waals surface area contributed by atoms with Crippen molar-refractivity contribution in [3.05, 3.63) is 22.7 Å². The van der Waals surface area contributed by atoms with E-state index in [1.54, 1.807) is 19.4 Å². The van der Waals surface area contributed by atoms with Gasteiger partial charge in [-0.05, 0) is 25.3 Å². The van der Waals surface area contributed by atoms with Crippen LogP contribution in [0.4, 0.5) is 5.82 Å². The van der Waals surface area contributed by atoms with E-state index in [1.807, 2.05) is 9.80 Å². The lowest BCUT2D eigenvalue weighted by atomic mass is 9.94. The zero-order chi connectivity index (χ0) is 16.4. The van der Waals surface area contributed by atoms with Gasteiger partial charge in [0, 0.05) is 51.5 Å². The number of carbonyl (C=O) groups is 1. The number of nitrogens with zero attached hydrogens (tertiary/aromatic N) is 4. The number of carbonyl (C=O) groups excluding carboxylic acids is 1. The summed E-state index contributed by atoms with van der Waals surface area (Å²) in [5.74, 6) is 1.15. The van der Waals surface area contributed by atoms with Gasteiger partial charge in [-0.3, -0.25) is 9.59 Å². The molecule has 1 aromatic heterocycles. The molecule has 1 saturated carbocycles. The van der Waals surface area contributed by atoms with Crippen LogP contribution in [0.1, 0.15) is 19.3 Å². The molecule has 0 unspecified atom stereocenters. The summed E-state index contributed by atoms with van der Waals surface area (Å²) in [6, 6.07) is 0. The van der Waals surface area contributed by atoms with Crippen LogP contribution in [0.3, 0.4) is 0 Å². The second-order valence-corrected chi connectivity index (χ2v) is 6.51. The first-order valence-corrected chi connectivity index (χ1v) is 8.37. The molecule has 2 fully saturated rings. The minimum atomic E-state index is -0.0914. The van der Waals surface area contributed by atoms with Gasteiger partial charge in [-0.1, -0.05) is 6.42 Å². The van der Waals surface area contributed by atoms with Gasteiger partial charge >= 0.3 is 0 Å². The third-order valence-corrected chi connectivity index (χ3v) is 5.17. The van der Waals surface area contributed by atoms with Gasteiger partial charge in [0.1, 0.15) is 0 Å². The van der Waals surface area contributed by atoms with Crippen molar-refractivity contribution in [2.45, 2.75) is 19.3 Å². The lowest BCUT2D eigenvalue weighted by molar-refractivity contribution is -0.136. The standard InChI is InChI=1S/C16H25N5O2/c1-19-6-5-18-14(16(19)23)20-7-9-21(10-8-20)15(22)13-4-2-3-12(13)11-17/h5-6,12-13H,2-4,7-11,17H2,1H3/t12-,13-/m1/s1. The van der Waals surface area contributed by atoms with Crippen LogP contribution in [0.25, 0.3) is 0 Å². The van der Waals surface area contributed by atoms with Crippen LogP contribution in [0.15, 0.2) is 17.2 Å². The Kier molecular flexibility index (Phi) is 4.66. The highest BCUT2D eigenvalue weighted by Crippen LogP contribution is 2.32. The molecule has 1 aliphatic carbocycles. The zero-order valence-corrected chi connectivity index (χ0v) is 13.6. The highest BCUT2D eigenvalue weighted by molar-refractivity contribution is 5.79. The van der Waals surface area contributed by atoms with Gasteiger partial charge in [-0.25, -0.2) is 4.98 Å². The SMILES string of the molecule is Cn1ccnc(N2CCN(C(=O)[C@@H]3CCC[C@@H]3CN)CC2)c1=O. The van der Waals surface area contributed by atoms with Crippen LogP contribution >= 0.6 is 0 Å². The fraction of sp³-hybridized carbons (Fsp3) is 0.688. The zero-order valence-electron chi connectivity index (χ0n) is 13.6. The Morgan fingerprint density at radius 1 is 1.30 bits per heavy atom. The molecule has 2 aliphatic rings. The summed E-state index contributed by atoms with van der Waals surface area (Å²) in [5.41, 5.74) is 5.70. The number of piperazine rings is 1. The minimum Gasteiger partial charge on any atom is -0.348 e. The molecule has 0 radical (unpaired) electrons. The summed E-state index contributed by atoms with van der Waals surface area (Å²) in [5, 5.41) is 0. The molecule has 0 aromatic carbocycles. The van der Waals surface area contributed by atoms with Crippen LogP contribution in [0.5, 0.6) is 0 Å². The molecule has 7 nitrogen and oxygen atoms in total. The van der Waals surface area contributed by atoms with Crippen molar-refractivity contribution >= 4 is 11.7 Å². The predicted octanol–water partition coefficient (Wildman–Crippen LogP) is -0.196. The Bertz CT molecular complexity index is 621. The van der Waals surface area contributed by atoms with Gasteiger partial charge in [0.15, 0.2) is 5.82 Å². The third-order valence-electron chi connectivity index (χ3n) is 5.17. The summed E-state index contributed by atoms with van der Waals surface area (Å²) in [4.78, 5) is 33.0. The highest BCUT2D eigenvalue weighted by Gasteiger charge is 2.35. The molecule has 1 aliphatic heterocycles. The van der Waals surface area contributed by atoms with Crippen molar-refractivity contribution in [2.75, 3.05) is 37.6 Å². The first-order chi connectivity index (χ1) is 11.1. The lowest BCUT2D eigenvalue weighted by Gasteiger charge is -2.37. The van der Waals surface area contributed by atoms with Gasteiger partial charge in [0.25, 0.3) is 5.56 Å². The molecular formula is C16H25N5O2. The minimum absolute atomic E-state index is 0.0914. The van der Waals surface area contributed by atoms with Crippen LogP contribution < -0.4 is 16.2 Å². The average molecular weight is 319 g/mol. The molecule has 2 atom stereocenters. The molecule has 0 spiro atoms. The van der Waals surface area contributed by atoms with Gasteiger partial charge in [-0.2, -0.15) is 0 Å². The first-order valence-electron chi connectivity index (χ1n) is 8.37. The second-order valence-electron chi connectivity index (χ2n) is 6.51. The van der Waals surface area contributed by atoms with E-state index in [0.717, 1.165) is 19.3 Å². The molecule has 1 saturated heterocycles. The average Bonchev–Trinajstić information content (AvgIpc) is 3.05. The van der Waals surface area contributed by atoms with Crippen LogP contribution in [0, 0.1) is 11.8 Å². The van der Waals surface area contributed by atoms with E-state index >= 15 is 0 Å². The topological polar surface area (TPSA) is 84.5 Å². The van der Waals surface area contributed by atoms with E-state index < -0.39 is 0 Å². The molecule has 7 heteroatoms. The van der Waals surface area contributed by atoms with Crippen molar-refractivity contribution in [2.24, 2.45) is 24.6 Å². The molecule has 2 heterocycles.